The number of carbonyl (C=O) groups excluding carboxylic acids is 3. The summed E-state index contributed by atoms with van der Waals surface area (Å²) in [5.74, 6) is -1.58. The Balaban J connectivity index is 1.90. The average molecular weight is 495 g/mol. The van der Waals surface area contributed by atoms with Crippen LogP contribution in [0.25, 0.3) is 11.8 Å². The fourth-order valence-corrected chi connectivity index (χ4v) is 4.34. The van der Waals surface area contributed by atoms with Crippen molar-refractivity contribution < 1.29 is 23.5 Å². The number of nitrogens with zero attached hydrogens (tertiary/aromatic N) is 2. The molecule has 1 aromatic heterocycles. The lowest BCUT2D eigenvalue weighted by Gasteiger charge is -2.13. The molecule has 0 aliphatic carbocycles. The van der Waals surface area contributed by atoms with Gasteiger partial charge >= 0.3 is 5.97 Å². The molecule has 0 atom stereocenters. The molecule has 0 spiro atoms. The van der Waals surface area contributed by atoms with Crippen LogP contribution < -0.4 is 0 Å². The molecule has 2 heterocycles. The Morgan fingerprint density at radius 1 is 1.27 bits per heavy atom. The summed E-state index contributed by atoms with van der Waals surface area (Å²) >= 11 is 4.01. The number of carbonyl (C=O) groups is 3. The molecule has 9 heteroatoms. The molecule has 1 aliphatic rings. The Labute approximate surface area is 186 Å². The Hall–Kier alpha value is -2.39. The van der Waals surface area contributed by atoms with Crippen molar-refractivity contribution in [3.63, 3.8) is 0 Å². The van der Waals surface area contributed by atoms with Crippen molar-refractivity contribution in [2.45, 2.75) is 33.8 Å². The maximum atomic E-state index is 14.5. The average Bonchev–Trinajstić information content (AvgIpc) is 3.05. The number of hydrogen-bond donors (Lipinski definition) is 0. The first-order valence-electron chi connectivity index (χ1n) is 9.17. The summed E-state index contributed by atoms with van der Waals surface area (Å²) in [7, 11) is 0. The van der Waals surface area contributed by atoms with Crippen molar-refractivity contribution in [2.24, 2.45) is 0 Å². The van der Waals surface area contributed by atoms with Gasteiger partial charge in [0.2, 0.25) is 0 Å². The number of hydrogen-bond acceptors (Lipinski definition) is 5. The minimum absolute atomic E-state index is 0.203. The highest BCUT2D eigenvalue weighted by Gasteiger charge is 2.37. The van der Waals surface area contributed by atoms with Crippen molar-refractivity contribution in [3.8, 4) is 5.69 Å². The van der Waals surface area contributed by atoms with Crippen molar-refractivity contribution in [1.82, 2.24) is 9.47 Å². The van der Waals surface area contributed by atoms with Crippen LogP contribution in [0.5, 0.6) is 0 Å². The highest BCUT2D eigenvalue weighted by molar-refractivity contribution is 9.10. The van der Waals surface area contributed by atoms with E-state index in [9.17, 15) is 18.8 Å². The highest BCUT2D eigenvalue weighted by atomic mass is 79.9. The number of ether oxygens (including phenoxy) is 1. The molecule has 0 saturated carbocycles. The van der Waals surface area contributed by atoms with Gasteiger partial charge in [0, 0.05) is 15.9 Å². The Morgan fingerprint density at radius 2 is 1.97 bits per heavy atom. The Bertz CT molecular complexity index is 1080. The van der Waals surface area contributed by atoms with Crippen LogP contribution in [0, 0.1) is 19.7 Å². The lowest BCUT2D eigenvalue weighted by molar-refractivity contribution is -0.149. The number of rotatable bonds is 5. The van der Waals surface area contributed by atoms with Gasteiger partial charge in [0.1, 0.15) is 12.4 Å². The summed E-state index contributed by atoms with van der Waals surface area (Å²) in [6.07, 6.45) is 1.26. The van der Waals surface area contributed by atoms with E-state index in [0.29, 0.717) is 15.7 Å². The molecule has 1 saturated heterocycles. The van der Waals surface area contributed by atoms with E-state index >= 15 is 0 Å². The van der Waals surface area contributed by atoms with Gasteiger partial charge in [-0.25, -0.2) is 4.39 Å². The maximum absolute atomic E-state index is 14.5. The number of aryl methyl sites for hydroxylation is 1. The second kappa shape index (κ2) is 8.77. The predicted molar refractivity (Wildman–Crippen MR) is 117 cm³/mol. The lowest BCUT2D eigenvalue weighted by Crippen LogP contribution is -2.35. The maximum Gasteiger partial charge on any atom is 0.326 e. The minimum Gasteiger partial charge on any atom is -0.462 e. The molecule has 1 aromatic carbocycles. The number of amides is 2. The zero-order valence-corrected chi connectivity index (χ0v) is 19.3. The Kier molecular flexibility index (Phi) is 6.52. The highest BCUT2D eigenvalue weighted by Crippen LogP contribution is 2.34. The summed E-state index contributed by atoms with van der Waals surface area (Å²) < 4.78 is 21.9. The molecular formula is C21H20BrFN2O4S. The van der Waals surface area contributed by atoms with Crippen LogP contribution in [0.1, 0.15) is 30.8 Å². The van der Waals surface area contributed by atoms with E-state index < -0.39 is 23.7 Å². The van der Waals surface area contributed by atoms with Gasteiger partial charge in [0.15, 0.2) is 0 Å². The molecule has 1 fully saturated rings. The van der Waals surface area contributed by atoms with E-state index in [-0.39, 0.29) is 16.8 Å². The summed E-state index contributed by atoms with van der Waals surface area (Å²) in [4.78, 5) is 37.8. The van der Waals surface area contributed by atoms with E-state index in [4.69, 9.17) is 4.74 Å². The van der Waals surface area contributed by atoms with Gasteiger partial charge in [-0.1, -0.05) is 15.9 Å². The number of thioether (sulfide) groups is 1. The first-order chi connectivity index (χ1) is 14.1. The van der Waals surface area contributed by atoms with Gasteiger partial charge < -0.3 is 9.30 Å². The van der Waals surface area contributed by atoms with E-state index in [2.05, 4.69) is 15.9 Å². The molecule has 0 bridgehead atoms. The number of esters is 1. The van der Waals surface area contributed by atoms with Crippen molar-refractivity contribution in [3.05, 3.63) is 56.4 Å². The molecule has 2 amide bonds. The van der Waals surface area contributed by atoms with Crippen LogP contribution >= 0.6 is 27.7 Å². The van der Waals surface area contributed by atoms with Crippen LogP contribution in [-0.4, -0.2) is 39.2 Å². The molecule has 0 unspecified atom stereocenters. The van der Waals surface area contributed by atoms with Gasteiger partial charge in [-0.3, -0.25) is 19.3 Å². The first kappa shape index (κ1) is 22.3. The van der Waals surface area contributed by atoms with Gasteiger partial charge in [-0.15, -0.1) is 0 Å². The lowest BCUT2D eigenvalue weighted by atomic mass is 10.2. The molecule has 3 rings (SSSR count). The topological polar surface area (TPSA) is 68.6 Å². The molecule has 2 aromatic rings. The fourth-order valence-electron chi connectivity index (χ4n) is 3.17. The van der Waals surface area contributed by atoms with E-state index in [1.54, 1.807) is 36.6 Å². The minimum atomic E-state index is -0.641. The van der Waals surface area contributed by atoms with Crippen molar-refractivity contribution in [1.29, 1.82) is 0 Å². The van der Waals surface area contributed by atoms with Gasteiger partial charge in [-0.05, 0) is 75.4 Å². The largest absolute Gasteiger partial charge is 0.462 e. The summed E-state index contributed by atoms with van der Waals surface area (Å²) in [6, 6.07) is 6.61. The predicted octanol–water partition coefficient (Wildman–Crippen LogP) is 4.98. The fraction of sp³-hybridized carbons (Fsp3) is 0.286. The third kappa shape index (κ3) is 4.52. The van der Waals surface area contributed by atoms with Gasteiger partial charge in [0.05, 0.1) is 16.7 Å². The second-order valence-electron chi connectivity index (χ2n) is 7.06. The van der Waals surface area contributed by atoms with E-state index in [1.807, 2.05) is 19.9 Å². The zero-order chi connectivity index (χ0) is 22.2. The summed E-state index contributed by atoms with van der Waals surface area (Å²) in [6.45, 7) is 6.60. The molecule has 1 aliphatic heterocycles. The number of benzene rings is 1. The zero-order valence-electron chi connectivity index (χ0n) is 16.9. The standard InChI is InChI=1S/C21H20BrFN2O4S/c1-11(2)29-19(26)10-24-20(27)18(30-21(24)28)8-14-7-12(3)25(13(14)4)17-6-5-15(22)9-16(17)23/h5-9,11H,10H2,1-4H3/b18-8+. The molecule has 158 valence electrons. The Morgan fingerprint density at radius 3 is 2.60 bits per heavy atom. The van der Waals surface area contributed by atoms with Crippen LogP contribution in [0.15, 0.2) is 33.6 Å². The number of aromatic nitrogens is 1. The number of halogens is 2. The summed E-state index contributed by atoms with van der Waals surface area (Å²) in [5.41, 5.74) is 2.57. The molecular weight excluding hydrogens is 475 g/mol. The van der Waals surface area contributed by atoms with Crippen LogP contribution in [0.2, 0.25) is 0 Å². The first-order valence-corrected chi connectivity index (χ1v) is 10.8. The third-order valence-electron chi connectivity index (χ3n) is 4.44. The van der Waals surface area contributed by atoms with Crippen LogP contribution in [0.4, 0.5) is 9.18 Å². The molecule has 0 radical (unpaired) electrons. The molecule has 0 N–H and O–H groups in total. The second-order valence-corrected chi connectivity index (χ2v) is 8.97. The monoisotopic (exact) mass is 494 g/mol. The van der Waals surface area contributed by atoms with E-state index in [0.717, 1.165) is 28.0 Å². The van der Waals surface area contributed by atoms with Gasteiger partial charge in [0.25, 0.3) is 11.1 Å². The smallest absolute Gasteiger partial charge is 0.326 e. The number of imide groups is 1. The summed E-state index contributed by atoms with van der Waals surface area (Å²) in [5, 5.41) is -0.528. The molecule has 30 heavy (non-hydrogen) atoms. The van der Waals surface area contributed by atoms with Gasteiger partial charge in [-0.2, -0.15) is 0 Å². The van der Waals surface area contributed by atoms with Crippen molar-refractivity contribution in [2.75, 3.05) is 6.54 Å². The van der Waals surface area contributed by atoms with E-state index in [1.165, 1.54) is 6.07 Å². The quantitative estimate of drug-likeness (QED) is 0.432. The van der Waals surface area contributed by atoms with Crippen LogP contribution in [-0.2, 0) is 14.3 Å². The SMILES string of the molecule is Cc1cc(/C=C2/SC(=O)N(CC(=O)OC(C)C)C2=O)c(C)n1-c1ccc(Br)cc1F. The third-order valence-corrected chi connectivity index (χ3v) is 5.84. The van der Waals surface area contributed by atoms with Crippen LogP contribution in [0.3, 0.4) is 0 Å². The normalized spacial score (nSPS) is 15.6. The van der Waals surface area contributed by atoms with Crippen molar-refractivity contribution >= 4 is 50.9 Å². The molecule has 6 nitrogen and oxygen atoms in total.